The zero-order chi connectivity index (χ0) is 12.6. The second-order valence-corrected chi connectivity index (χ2v) is 4.65. The molecule has 1 aromatic heterocycles. The minimum absolute atomic E-state index is 0.511. The number of ether oxygens (including phenoxy) is 2. The van der Waals surface area contributed by atoms with Crippen LogP contribution in [0.3, 0.4) is 0 Å². The summed E-state index contributed by atoms with van der Waals surface area (Å²) in [6, 6.07) is 13.2. The summed E-state index contributed by atoms with van der Waals surface area (Å²) >= 11 is 1.68. The molecule has 0 N–H and O–H groups in total. The van der Waals surface area contributed by atoms with Gasteiger partial charge in [-0.15, -0.1) is 11.3 Å². The summed E-state index contributed by atoms with van der Waals surface area (Å²) in [5.74, 6) is 0.758. The van der Waals surface area contributed by atoms with Crippen molar-refractivity contribution in [2.45, 2.75) is 6.61 Å². The third-order valence-corrected chi connectivity index (χ3v) is 3.15. The van der Waals surface area contributed by atoms with Crippen LogP contribution in [0.1, 0.15) is 10.4 Å². The zero-order valence-corrected chi connectivity index (χ0v) is 10.7. The van der Waals surface area contributed by atoms with E-state index in [1.54, 1.807) is 35.6 Å². The predicted molar refractivity (Wildman–Crippen MR) is 70.6 cm³/mol. The maximum atomic E-state index is 8.66. The van der Waals surface area contributed by atoms with Crippen LogP contribution in [-0.2, 0) is 11.3 Å². The highest BCUT2D eigenvalue weighted by Gasteiger charge is 1.96. The van der Waals surface area contributed by atoms with Crippen molar-refractivity contribution in [3.05, 3.63) is 52.2 Å². The molecule has 0 unspecified atom stereocenters. The second-order valence-electron chi connectivity index (χ2n) is 3.62. The van der Waals surface area contributed by atoms with Gasteiger partial charge in [-0.3, -0.25) is 0 Å². The van der Waals surface area contributed by atoms with E-state index in [1.807, 2.05) is 17.5 Å². The lowest BCUT2D eigenvalue weighted by molar-refractivity contribution is 0.0905. The Balaban J connectivity index is 1.64. The molecule has 0 fully saturated rings. The molecule has 0 aliphatic carbocycles. The number of rotatable bonds is 6. The fraction of sp³-hybridized carbons (Fsp3) is 0.214. The number of nitriles is 1. The van der Waals surface area contributed by atoms with Crippen LogP contribution in [0.4, 0.5) is 0 Å². The van der Waals surface area contributed by atoms with Gasteiger partial charge in [-0.1, -0.05) is 6.07 Å². The SMILES string of the molecule is N#Cc1ccc(OCCOCc2cccs2)cc1. The van der Waals surface area contributed by atoms with Gasteiger partial charge in [0.05, 0.1) is 24.8 Å². The third-order valence-electron chi connectivity index (χ3n) is 2.30. The van der Waals surface area contributed by atoms with Crippen LogP contribution in [0.2, 0.25) is 0 Å². The van der Waals surface area contributed by atoms with Gasteiger partial charge in [0.1, 0.15) is 12.4 Å². The first-order chi connectivity index (χ1) is 8.88. The Labute approximate surface area is 110 Å². The van der Waals surface area contributed by atoms with E-state index in [-0.39, 0.29) is 0 Å². The van der Waals surface area contributed by atoms with Crippen molar-refractivity contribution in [3.8, 4) is 11.8 Å². The van der Waals surface area contributed by atoms with Gasteiger partial charge in [0.2, 0.25) is 0 Å². The Morgan fingerprint density at radius 1 is 1.11 bits per heavy atom. The smallest absolute Gasteiger partial charge is 0.119 e. The molecule has 0 saturated heterocycles. The van der Waals surface area contributed by atoms with Gasteiger partial charge in [-0.05, 0) is 35.7 Å². The lowest BCUT2D eigenvalue weighted by Crippen LogP contribution is -2.06. The van der Waals surface area contributed by atoms with E-state index >= 15 is 0 Å². The molecule has 0 radical (unpaired) electrons. The summed E-state index contributed by atoms with van der Waals surface area (Å²) in [5.41, 5.74) is 0.635. The highest BCUT2D eigenvalue weighted by molar-refractivity contribution is 7.09. The lowest BCUT2D eigenvalue weighted by atomic mass is 10.2. The molecule has 92 valence electrons. The van der Waals surface area contributed by atoms with Gasteiger partial charge in [-0.25, -0.2) is 0 Å². The van der Waals surface area contributed by atoms with Gasteiger partial charge >= 0.3 is 0 Å². The van der Waals surface area contributed by atoms with Crippen LogP contribution in [0.25, 0.3) is 0 Å². The molecule has 4 heteroatoms. The number of benzene rings is 1. The molecule has 1 aromatic carbocycles. The number of nitrogens with zero attached hydrogens (tertiary/aromatic N) is 1. The number of hydrogen-bond acceptors (Lipinski definition) is 4. The number of thiophene rings is 1. The first kappa shape index (κ1) is 12.6. The first-order valence-electron chi connectivity index (χ1n) is 5.61. The summed E-state index contributed by atoms with van der Waals surface area (Å²) in [7, 11) is 0. The van der Waals surface area contributed by atoms with E-state index in [0.717, 1.165) is 5.75 Å². The molecule has 0 bridgehead atoms. The van der Waals surface area contributed by atoms with E-state index < -0.39 is 0 Å². The summed E-state index contributed by atoms with van der Waals surface area (Å²) < 4.78 is 11.0. The Hall–Kier alpha value is -1.83. The van der Waals surface area contributed by atoms with Gasteiger partial charge in [0.15, 0.2) is 0 Å². The molecule has 0 atom stereocenters. The highest BCUT2D eigenvalue weighted by atomic mass is 32.1. The van der Waals surface area contributed by atoms with E-state index in [0.29, 0.717) is 25.4 Å². The van der Waals surface area contributed by atoms with Crippen LogP contribution >= 0.6 is 11.3 Å². The minimum Gasteiger partial charge on any atom is -0.491 e. The number of hydrogen-bond donors (Lipinski definition) is 0. The van der Waals surface area contributed by atoms with Gasteiger partial charge in [0, 0.05) is 4.88 Å². The van der Waals surface area contributed by atoms with Crippen molar-refractivity contribution in [1.29, 1.82) is 5.26 Å². The highest BCUT2D eigenvalue weighted by Crippen LogP contribution is 2.12. The molecule has 1 heterocycles. The average Bonchev–Trinajstić information content (AvgIpc) is 2.92. The summed E-state index contributed by atoms with van der Waals surface area (Å²) in [4.78, 5) is 1.22. The van der Waals surface area contributed by atoms with Crippen molar-refractivity contribution >= 4 is 11.3 Å². The lowest BCUT2D eigenvalue weighted by Gasteiger charge is -2.06. The Morgan fingerprint density at radius 2 is 1.94 bits per heavy atom. The standard InChI is InChI=1S/C14H13NO2S/c15-10-12-3-5-13(6-4-12)17-8-7-16-11-14-2-1-9-18-14/h1-6,9H,7-8,11H2. The van der Waals surface area contributed by atoms with Gasteiger partial charge in [-0.2, -0.15) is 5.26 Å². The first-order valence-corrected chi connectivity index (χ1v) is 6.49. The third kappa shape index (κ3) is 3.88. The van der Waals surface area contributed by atoms with Crippen LogP contribution in [-0.4, -0.2) is 13.2 Å². The molecule has 0 aliphatic rings. The molecule has 0 saturated carbocycles. The molecule has 2 rings (SSSR count). The van der Waals surface area contributed by atoms with Crippen LogP contribution in [0.5, 0.6) is 5.75 Å². The second kappa shape index (κ2) is 6.80. The van der Waals surface area contributed by atoms with Crippen LogP contribution in [0, 0.1) is 11.3 Å². The molecule has 0 spiro atoms. The monoisotopic (exact) mass is 259 g/mol. The quantitative estimate of drug-likeness (QED) is 0.748. The topological polar surface area (TPSA) is 42.2 Å². The van der Waals surface area contributed by atoms with Crippen molar-refractivity contribution in [1.82, 2.24) is 0 Å². The van der Waals surface area contributed by atoms with Crippen molar-refractivity contribution in [3.63, 3.8) is 0 Å². The maximum Gasteiger partial charge on any atom is 0.119 e. The van der Waals surface area contributed by atoms with Crippen molar-refractivity contribution in [2.24, 2.45) is 0 Å². The minimum atomic E-state index is 0.511. The Bertz CT molecular complexity index is 500. The fourth-order valence-electron chi connectivity index (χ4n) is 1.41. The normalized spacial score (nSPS) is 9.94. The Kier molecular flexibility index (Phi) is 4.77. The molecule has 3 nitrogen and oxygen atoms in total. The molecule has 0 aliphatic heterocycles. The zero-order valence-electron chi connectivity index (χ0n) is 9.83. The largest absolute Gasteiger partial charge is 0.491 e. The van der Waals surface area contributed by atoms with E-state index in [9.17, 15) is 0 Å². The fourth-order valence-corrected chi connectivity index (χ4v) is 2.05. The van der Waals surface area contributed by atoms with Crippen LogP contribution < -0.4 is 4.74 Å². The van der Waals surface area contributed by atoms with Crippen molar-refractivity contribution < 1.29 is 9.47 Å². The molecule has 0 amide bonds. The summed E-state index contributed by atoms with van der Waals surface area (Å²) in [6.07, 6.45) is 0. The van der Waals surface area contributed by atoms with E-state index in [4.69, 9.17) is 14.7 Å². The molecule has 18 heavy (non-hydrogen) atoms. The van der Waals surface area contributed by atoms with Crippen molar-refractivity contribution in [2.75, 3.05) is 13.2 Å². The summed E-state index contributed by atoms with van der Waals surface area (Å²) in [6.45, 7) is 1.70. The van der Waals surface area contributed by atoms with Gasteiger partial charge < -0.3 is 9.47 Å². The molecule has 2 aromatic rings. The molecular weight excluding hydrogens is 246 g/mol. The molecular formula is C14H13NO2S. The average molecular weight is 259 g/mol. The van der Waals surface area contributed by atoms with Gasteiger partial charge in [0.25, 0.3) is 0 Å². The maximum absolute atomic E-state index is 8.66. The summed E-state index contributed by atoms with van der Waals surface area (Å²) in [5, 5.41) is 10.7. The van der Waals surface area contributed by atoms with E-state index in [1.165, 1.54) is 4.88 Å². The predicted octanol–water partition coefficient (Wildman–Crippen LogP) is 3.22. The van der Waals surface area contributed by atoms with E-state index in [2.05, 4.69) is 6.07 Å². The Morgan fingerprint density at radius 3 is 2.61 bits per heavy atom. The van der Waals surface area contributed by atoms with Crippen LogP contribution in [0.15, 0.2) is 41.8 Å².